The molecule has 0 saturated carbocycles. The quantitative estimate of drug-likeness (QED) is 0.796. The highest BCUT2D eigenvalue weighted by molar-refractivity contribution is 7.89. The van der Waals surface area contributed by atoms with Gasteiger partial charge >= 0.3 is 5.97 Å². The average molecular weight is 290 g/mol. The molecule has 0 saturated heterocycles. The van der Waals surface area contributed by atoms with Gasteiger partial charge in [-0.1, -0.05) is 25.2 Å². The van der Waals surface area contributed by atoms with Gasteiger partial charge in [0.1, 0.15) is 10.6 Å². The Hall–Kier alpha value is -1.38. The normalized spacial score (nSPS) is 12.9. The van der Waals surface area contributed by atoms with E-state index in [0.717, 1.165) is 16.7 Å². The zero-order chi connectivity index (χ0) is 14.8. The molecular weight excluding hydrogens is 272 g/mol. The van der Waals surface area contributed by atoms with Crippen LogP contribution in [-0.2, 0) is 14.9 Å². The number of carboxylic acids is 1. The maximum absolute atomic E-state index is 12.3. The highest BCUT2D eigenvalue weighted by Gasteiger charge is 2.30. The first-order valence-electron chi connectivity index (χ1n) is 5.56. The molecule has 0 bridgehead atoms. The van der Waals surface area contributed by atoms with Gasteiger partial charge in [0.2, 0.25) is 0 Å². The van der Waals surface area contributed by atoms with E-state index >= 15 is 0 Å². The number of carbonyl (C=O) groups is 1. The van der Waals surface area contributed by atoms with Crippen LogP contribution in [0.15, 0.2) is 17.2 Å². The fourth-order valence-corrected chi connectivity index (χ4v) is 2.86. The monoisotopic (exact) mass is 290 g/mol. The largest absolute Gasteiger partial charge is 0.477 e. The number of aromatic nitrogens is 1. The van der Waals surface area contributed by atoms with E-state index in [1.54, 1.807) is 0 Å². The zero-order valence-corrected chi connectivity index (χ0v) is 12.1. The molecule has 0 aliphatic heterocycles. The van der Waals surface area contributed by atoms with Gasteiger partial charge in [0.25, 0.3) is 10.0 Å². The van der Waals surface area contributed by atoms with Crippen LogP contribution >= 0.6 is 0 Å². The van der Waals surface area contributed by atoms with E-state index in [0.29, 0.717) is 0 Å². The summed E-state index contributed by atoms with van der Waals surface area (Å²) in [6.45, 7) is 5.76. The highest BCUT2D eigenvalue weighted by atomic mass is 32.2. The van der Waals surface area contributed by atoms with Crippen LogP contribution in [0.25, 0.3) is 0 Å². The third-order valence-corrected chi connectivity index (χ3v) is 3.91. The van der Waals surface area contributed by atoms with Gasteiger partial charge in [-0.3, -0.25) is 4.84 Å². The van der Waals surface area contributed by atoms with Crippen molar-refractivity contribution in [2.75, 3.05) is 13.7 Å². The Morgan fingerprint density at radius 1 is 1.47 bits per heavy atom. The molecule has 0 radical (unpaired) electrons. The van der Waals surface area contributed by atoms with Gasteiger partial charge in [-0.2, -0.15) is 0 Å². The van der Waals surface area contributed by atoms with E-state index in [1.165, 1.54) is 7.11 Å². The molecule has 1 heterocycles. The number of carboxylic acid groups (broad SMARTS) is 1. The van der Waals surface area contributed by atoms with Crippen LogP contribution in [0.5, 0.6) is 0 Å². The molecule has 0 spiro atoms. The summed E-state index contributed by atoms with van der Waals surface area (Å²) < 4.78 is 25.4. The summed E-state index contributed by atoms with van der Waals surface area (Å²) in [6.07, 6.45) is 1.13. The predicted octanol–water partition coefficient (Wildman–Crippen LogP) is 1.31. The number of aromatic carboxylic acids is 1. The van der Waals surface area contributed by atoms with Crippen molar-refractivity contribution < 1.29 is 23.2 Å². The van der Waals surface area contributed by atoms with Crippen molar-refractivity contribution in [3.63, 3.8) is 0 Å². The first-order valence-corrected chi connectivity index (χ1v) is 7.00. The number of H-pyrrole nitrogens is 1. The number of hydrogen-bond donors (Lipinski definition) is 2. The Kier molecular flexibility index (Phi) is 4.39. The molecule has 0 fully saturated rings. The van der Waals surface area contributed by atoms with Crippen LogP contribution in [0.3, 0.4) is 0 Å². The summed E-state index contributed by atoms with van der Waals surface area (Å²) in [5, 5.41) is 8.78. The van der Waals surface area contributed by atoms with Crippen LogP contribution in [0, 0.1) is 5.41 Å². The average Bonchev–Trinajstić information content (AvgIpc) is 2.74. The summed E-state index contributed by atoms with van der Waals surface area (Å²) in [5.41, 5.74) is -0.486. The summed E-state index contributed by atoms with van der Waals surface area (Å²) in [4.78, 5) is 17.9. The molecule has 1 aromatic heterocycles. The van der Waals surface area contributed by atoms with Crippen molar-refractivity contribution in [3.8, 4) is 0 Å². The molecule has 8 heteroatoms. The fourth-order valence-electron chi connectivity index (χ4n) is 1.40. The summed E-state index contributed by atoms with van der Waals surface area (Å²) in [6, 6.07) is 1.06. The molecule has 0 aromatic carbocycles. The maximum Gasteiger partial charge on any atom is 0.352 e. The van der Waals surface area contributed by atoms with Crippen LogP contribution in [-0.4, -0.2) is 42.6 Å². The van der Waals surface area contributed by atoms with E-state index in [9.17, 15) is 13.2 Å². The SMILES string of the molecule is CON(CC(C)(C)C)S(=O)(=O)c1c[nH]c(C(=O)O)c1. The molecule has 0 amide bonds. The lowest BCUT2D eigenvalue weighted by Gasteiger charge is -2.26. The summed E-state index contributed by atoms with van der Waals surface area (Å²) in [5.74, 6) is -1.22. The third kappa shape index (κ3) is 3.79. The predicted molar refractivity (Wildman–Crippen MR) is 68.1 cm³/mol. The number of nitrogens with zero attached hydrogens (tertiary/aromatic N) is 1. The Labute approximate surface area is 112 Å². The molecule has 108 valence electrons. The standard InChI is InChI=1S/C11H18N2O5S/c1-11(2,3)7-13(18-4)19(16,17)8-5-9(10(14)15)12-6-8/h5-6,12H,7H2,1-4H3,(H,14,15). The minimum Gasteiger partial charge on any atom is -0.477 e. The highest BCUT2D eigenvalue weighted by Crippen LogP contribution is 2.22. The molecule has 7 nitrogen and oxygen atoms in total. The Balaban J connectivity index is 3.10. The fraction of sp³-hybridized carbons (Fsp3) is 0.545. The smallest absolute Gasteiger partial charge is 0.352 e. The zero-order valence-electron chi connectivity index (χ0n) is 11.3. The van der Waals surface area contributed by atoms with Gasteiger partial charge in [-0.25, -0.2) is 13.2 Å². The number of sulfonamides is 1. The van der Waals surface area contributed by atoms with Crippen LogP contribution in [0.1, 0.15) is 31.3 Å². The van der Waals surface area contributed by atoms with E-state index in [2.05, 4.69) is 4.98 Å². The van der Waals surface area contributed by atoms with Gasteiger partial charge in [-0.15, -0.1) is 0 Å². The molecule has 2 N–H and O–H groups in total. The van der Waals surface area contributed by atoms with Crippen LogP contribution < -0.4 is 0 Å². The first-order chi connectivity index (χ1) is 8.58. The van der Waals surface area contributed by atoms with E-state index in [1.807, 2.05) is 20.8 Å². The molecule has 1 aromatic rings. The lowest BCUT2D eigenvalue weighted by molar-refractivity contribution is -0.0672. The first kappa shape index (κ1) is 15.7. The molecular formula is C11H18N2O5S. The molecule has 0 atom stereocenters. The molecule has 0 aliphatic rings. The molecule has 19 heavy (non-hydrogen) atoms. The van der Waals surface area contributed by atoms with Crippen molar-refractivity contribution in [3.05, 3.63) is 18.0 Å². The number of rotatable bonds is 5. The summed E-state index contributed by atoms with van der Waals surface area (Å²) in [7, 11) is -2.62. The number of hydroxylamine groups is 1. The van der Waals surface area contributed by atoms with Crippen molar-refractivity contribution in [2.45, 2.75) is 25.7 Å². The van der Waals surface area contributed by atoms with E-state index < -0.39 is 16.0 Å². The van der Waals surface area contributed by atoms with Crippen molar-refractivity contribution in [2.24, 2.45) is 5.41 Å². The third-order valence-electron chi connectivity index (χ3n) is 2.26. The van der Waals surface area contributed by atoms with Crippen molar-refractivity contribution in [1.29, 1.82) is 0 Å². The second-order valence-electron chi connectivity index (χ2n) is 5.26. The van der Waals surface area contributed by atoms with E-state index in [4.69, 9.17) is 9.94 Å². The van der Waals surface area contributed by atoms with Crippen molar-refractivity contribution >= 4 is 16.0 Å². The second-order valence-corrected chi connectivity index (χ2v) is 7.09. The molecule has 1 rings (SSSR count). The van der Waals surface area contributed by atoms with E-state index in [-0.39, 0.29) is 22.5 Å². The number of nitrogens with one attached hydrogen (secondary N) is 1. The molecule has 0 aliphatic carbocycles. The molecule has 0 unspecified atom stereocenters. The Bertz CT molecular complexity index is 556. The number of hydrogen-bond acceptors (Lipinski definition) is 4. The lowest BCUT2D eigenvalue weighted by atomic mass is 9.98. The van der Waals surface area contributed by atoms with Gasteiger partial charge in [-0.05, 0) is 11.5 Å². The number of aromatic amines is 1. The maximum atomic E-state index is 12.3. The van der Waals surface area contributed by atoms with Gasteiger partial charge < -0.3 is 10.1 Å². The topological polar surface area (TPSA) is 99.7 Å². The summed E-state index contributed by atoms with van der Waals surface area (Å²) >= 11 is 0. The van der Waals surface area contributed by atoms with Gasteiger partial charge in [0.05, 0.1) is 7.11 Å². The lowest BCUT2D eigenvalue weighted by Crippen LogP contribution is -2.36. The van der Waals surface area contributed by atoms with Crippen molar-refractivity contribution in [1.82, 2.24) is 9.45 Å². The minimum atomic E-state index is -3.88. The second kappa shape index (κ2) is 5.32. The van der Waals surface area contributed by atoms with Crippen LogP contribution in [0.4, 0.5) is 0 Å². The van der Waals surface area contributed by atoms with Crippen LogP contribution in [0.2, 0.25) is 0 Å². The van der Waals surface area contributed by atoms with Gasteiger partial charge in [0.15, 0.2) is 0 Å². The Morgan fingerprint density at radius 3 is 2.42 bits per heavy atom. The Morgan fingerprint density at radius 2 is 2.05 bits per heavy atom. The van der Waals surface area contributed by atoms with Gasteiger partial charge in [0, 0.05) is 12.7 Å². The minimum absolute atomic E-state index is 0.143.